The van der Waals surface area contributed by atoms with Gasteiger partial charge in [0.15, 0.2) is 5.82 Å². The van der Waals surface area contributed by atoms with Crippen LogP contribution in [0.1, 0.15) is 11.5 Å². The van der Waals surface area contributed by atoms with Crippen molar-refractivity contribution in [3.63, 3.8) is 0 Å². The molecule has 0 saturated carbocycles. The molecule has 0 aliphatic rings. The number of hydrogen-bond acceptors (Lipinski definition) is 6. The van der Waals surface area contributed by atoms with Crippen LogP contribution in [0.2, 0.25) is 0 Å². The van der Waals surface area contributed by atoms with Gasteiger partial charge in [-0.25, -0.2) is 29.1 Å². The molecule has 0 radical (unpaired) electrons. The third-order valence-electron chi connectivity index (χ3n) is 2.17. The summed E-state index contributed by atoms with van der Waals surface area (Å²) in [5.41, 5.74) is -1.87. The van der Waals surface area contributed by atoms with Crippen molar-refractivity contribution < 1.29 is 39.6 Å². The second kappa shape index (κ2) is 6.74. The zero-order chi connectivity index (χ0) is 16.9. The maximum atomic E-state index is 11.0. The Morgan fingerprint density at radius 1 is 0.864 bits per heavy atom. The molecule has 10 nitrogen and oxygen atoms in total. The SMILES string of the molecule is O=C(O)/C=C(\C(=O)O)c1ccnc(/C(=C/C(=O)O)C(=O)O)n1. The summed E-state index contributed by atoms with van der Waals surface area (Å²) < 4.78 is 0. The van der Waals surface area contributed by atoms with Gasteiger partial charge in [0.25, 0.3) is 0 Å². The van der Waals surface area contributed by atoms with E-state index in [4.69, 9.17) is 20.4 Å². The van der Waals surface area contributed by atoms with Crippen LogP contribution in [0.15, 0.2) is 24.4 Å². The number of aliphatic carboxylic acids is 4. The highest BCUT2D eigenvalue weighted by Crippen LogP contribution is 2.16. The first-order chi connectivity index (χ1) is 10.2. The van der Waals surface area contributed by atoms with Crippen LogP contribution in [-0.4, -0.2) is 54.3 Å². The molecular formula is C12H8N2O8. The van der Waals surface area contributed by atoms with Gasteiger partial charge in [-0.3, -0.25) is 0 Å². The van der Waals surface area contributed by atoms with Crippen molar-refractivity contribution in [2.24, 2.45) is 0 Å². The fraction of sp³-hybridized carbons (Fsp3) is 0. The smallest absolute Gasteiger partial charge is 0.339 e. The summed E-state index contributed by atoms with van der Waals surface area (Å²) >= 11 is 0. The molecule has 0 fully saturated rings. The summed E-state index contributed by atoms with van der Waals surface area (Å²) in [5, 5.41) is 35.1. The molecule has 1 heterocycles. The molecule has 10 heteroatoms. The van der Waals surface area contributed by atoms with Crippen molar-refractivity contribution in [3.8, 4) is 0 Å². The van der Waals surface area contributed by atoms with Gasteiger partial charge in [-0.05, 0) is 6.07 Å². The summed E-state index contributed by atoms with van der Waals surface area (Å²) in [4.78, 5) is 50.3. The quantitative estimate of drug-likeness (QED) is 0.505. The van der Waals surface area contributed by atoms with Gasteiger partial charge in [0.05, 0.1) is 11.3 Å². The number of carboxylic acid groups (broad SMARTS) is 4. The Balaban J connectivity index is 3.46. The number of nitrogens with zero attached hydrogens (tertiary/aromatic N) is 2. The molecule has 0 amide bonds. The Morgan fingerprint density at radius 3 is 1.82 bits per heavy atom. The second-order valence-corrected chi connectivity index (χ2v) is 3.67. The van der Waals surface area contributed by atoms with Crippen LogP contribution in [0.4, 0.5) is 0 Å². The molecule has 22 heavy (non-hydrogen) atoms. The highest BCUT2D eigenvalue weighted by Gasteiger charge is 2.19. The van der Waals surface area contributed by atoms with Gasteiger partial charge in [-0.1, -0.05) is 0 Å². The first kappa shape index (κ1) is 16.5. The van der Waals surface area contributed by atoms with Crippen LogP contribution in [0.25, 0.3) is 11.1 Å². The van der Waals surface area contributed by atoms with Gasteiger partial charge in [-0.15, -0.1) is 0 Å². The Kier molecular flexibility index (Phi) is 5.06. The summed E-state index contributed by atoms with van der Waals surface area (Å²) in [6.07, 6.45) is 1.69. The fourth-order valence-corrected chi connectivity index (χ4v) is 1.35. The van der Waals surface area contributed by atoms with Crippen LogP contribution < -0.4 is 0 Å². The highest BCUT2D eigenvalue weighted by atomic mass is 16.4. The normalized spacial score (nSPS) is 11.8. The second-order valence-electron chi connectivity index (χ2n) is 3.67. The van der Waals surface area contributed by atoms with E-state index >= 15 is 0 Å². The molecule has 114 valence electrons. The van der Waals surface area contributed by atoms with Gasteiger partial charge in [-0.2, -0.15) is 0 Å². The molecule has 0 unspecified atom stereocenters. The Morgan fingerprint density at radius 2 is 1.36 bits per heavy atom. The molecule has 0 aromatic carbocycles. The molecule has 4 N–H and O–H groups in total. The molecule has 1 aromatic rings. The van der Waals surface area contributed by atoms with Crippen LogP contribution in [-0.2, 0) is 19.2 Å². The van der Waals surface area contributed by atoms with Crippen LogP contribution in [0.5, 0.6) is 0 Å². The molecule has 1 rings (SSSR count). The van der Waals surface area contributed by atoms with Crippen molar-refractivity contribution in [1.29, 1.82) is 0 Å². The minimum atomic E-state index is -1.64. The van der Waals surface area contributed by atoms with E-state index in [1.807, 2.05) is 0 Å². The average Bonchev–Trinajstić information content (AvgIpc) is 2.41. The monoisotopic (exact) mass is 308 g/mol. The summed E-state index contributed by atoms with van der Waals surface area (Å²) in [7, 11) is 0. The lowest BCUT2D eigenvalue weighted by molar-refractivity contribution is -0.133. The summed E-state index contributed by atoms with van der Waals surface area (Å²) in [6, 6.07) is 1.05. The number of rotatable bonds is 6. The van der Waals surface area contributed by atoms with E-state index in [1.54, 1.807) is 0 Å². The molecule has 0 saturated heterocycles. The molecule has 0 atom stereocenters. The van der Waals surface area contributed by atoms with Gasteiger partial charge in [0.1, 0.15) is 5.57 Å². The predicted molar refractivity (Wildman–Crippen MR) is 68.5 cm³/mol. The van der Waals surface area contributed by atoms with Crippen molar-refractivity contribution in [1.82, 2.24) is 9.97 Å². The van der Waals surface area contributed by atoms with E-state index in [9.17, 15) is 19.2 Å². The molecule has 0 bridgehead atoms. The number of hydrogen-bond donors (Lipinski definition) is 4. The van der Waals surface area contributed by atoms with Gasteiger partial charge < -0.3 is 20.4 Å². The Hall–Kier alpha value is -3.56. The third kappa shape index (κ3) is 4.23. The van der Waals surface area contributed by atoms with E-state index in [0.717, 1.165) is 12.3 Å². The van der Waals surface area contributed by atoms with E-state index in [2.05, 4.69) is 9.97 Å². The number of carbonyl (C=O) groups is 4. The number of aromatic nitrogens is 2. The fourth-order valence-electron chi connectivity index (χ4n) is 1.35. The zero-order valence-electron chi connectivity index (χ0n) is 10.6. The minimum Gasteiger partial charge on any atom is -0.478 e. The maximum absolute atomic E-state index is 11.0. The topological polar surface area (TPSA) is 175 Å². The zero-order valence-corrected chi connectivity index (χ0v) is 10.6. The van der Waals surface area contributed by atoms with Crippen molar-refractivity contribution in [2.45, 2.75) is 0 Å². The first-order valence-electron chi connectivity index (χ1n) is 5.42. The van der Waals surface area contributed by atoms with Gasteiger partial charge in [0.2, 0.25) is 0 Å². The molecule has 0 spiro atoms. The van der Waals surface area contributed by atoms with Gasteiger partial charge >= 0.3 is 23.9 Å². The van der Waals surface area contributed by atoms with Crippen LogP contribution in [0.3, 0.4) is 0 Å². The maximum Gasteiger partial charge on any atom is 0.339 e. The lowest BCUT2D eigenvalue weighted by Gasteiger charge is -2.04. The van der Waals surface area contributed by atoms with E-state index < -0.39 is 40.8 Å². The van der Waals surface area contributed by atoms with Gasteiger partial charge in [0, 0.05) is 18.3 Å². The Labute approximate surface area is 121 Å². The average molecular weight is 308 g/mol. The lowest BCUT2D eigenvalue weighted by atomic mass is 10.1. The first-order valence-corrected chi connectivity index (χ1v) is 5.42. The van der Waals surface area contributed by atoms with Crippen molar-refractivity contribution in [2.75, 3.05) is 0 Å². The predicted octanol–water partition coefficient (Wildman–Crippen LogP) is -0.418. The van der Waals surface area contributed by atoms with E-state index in [1.165, 1.54) is 0 Å². The highest BCUT2D eigenvalue weighted by molar-refractivity contribution is 6.20. The summed E-state index contributed by atoms with van der Waals surface area (Å²) in [6.45, 7) is 0. The van der Waals surface area contributed by atoms with E-state index in [0.29, 0.717) is 12.2 Å². The van der Waals surface area contributed by atoms with E-state index in [-0.39, 0.29) is 5.69 Å². The minimum absolute atomic E-state index is 0.336. The standard InChI is InChI=1S/C12H8N2O8/c15-8(16)3-5(11(19)20)7-1-2-13-10(14-7)6(12(21)22)4-9(17)18/h1-4H,(H,15,16)(H,17,18)(H,19,20)(H,21,22)/b5-3-,6-4-. The summed E-state index contributed by atoms with van der Waals surface area (Å²) in [5.74, 6) is -6.92. The lowest BCUT2D eigenvalue weighted by Crippen LogP contribution is -2.10. The molecular weight excluding hydrogens is 300 g/mol. The molecule has 1 aromatic heterocycles. The third-order valence-corrected chi connectivity index (χ3v) is 2.17. The van der Waals surface area contributed by atoms with Crippen molar-refractivity contribution >= 4 is 35.0 Å². The van der Waals surface area contributed by atoms with Crippen LogP contribution in [0, 0.1) is 0 Å². The van der Waals surface area contributed by atoms with Crippen molar-refractivity contribution in [3.05, 3.63) is 35.9 Å². The molecule has 0 aliphatic carbocycles. The largest absolute Gasteiger partial charge is 0.478 e. The molecule has 0 aliphatic heterocycles. The Bertz CT molecular complexity index is 662. The number of carboxylic acids is 4. The van der Waals surface area contributed by atoms with Crippen LogP contribution >= 0.6 is 0 Å².